The molecule has 8 nitrogen and oxygen atoms in total. The largest absolute Gasteiger partial charge is 0.454 e. The zero-order valence-corrected chi connectivity index (χ0v) is 17.6. The van der Waals surface area contributed by atoms with Gasteiger partial charge in [0, 0.05) is 12.0 Å². The van der Waals surface area contributed by atoms with Crippen LogP contribution >= 0.6 is 0 Å². The lowest BCUT2D eigenvalue weighted by molar-refractivity contribution is -0.157. The summed E-state index contributed by atoms with van der Waals surface area (Å²) in [5, 5.41) is 7.44. The molecule has 0 aromatic carbocycles. The molecule has 4 rings (SSSR count). The molecule has 4 aliphatic rings. The molecule has 0 radical (unpaired) electrons. The molecular weight excluding hydrogens is 374 g/mol. The molecule has 4 amide bonds. The van der Waals surface area contributed by atoms with Crippen molar-refractivity contribution in [1.29, 1.82) is 0 Å². The maximum absolute atomic E-state index is 13.2. The summed E-state index contributed by atoms with van der Waals surface area (Å²) in [6, 6.07) is -1.45. The van der Waals surface area contributed by atoms with Crippen LogP contribution in [0.15, 0.2) is 0 Å². The molecule has 4 aliphatic carbocycles. The lowest BCUT2D eigenvalue weighted by atomic mass is 9.49. The maximum atomic E-state index is 13.2. The second kappa shape index (κ2) is 8.71. The van der Waals surface area contributed by atoms with Crippen LogP contribution in [0.5, 0.6) is 0 Å². The standard InChI is InChI=1S/C21H33N3O5/c1-4-22-20(28)23-16(25)11-29-18(26)17(12(2)3)24-19(27)21-8-13-5-14(9-21)7-15(6-13)10-21/h12-15,17H,4-11H2,1-3H3,(H,24,27)(H2,22,23,25,28)/t13?,14?,15?,17-,21?/m1/s1. The van der Waals surface area contributed by atoms with Crippen molar-refractivity contribution in [3.63, 3.8) is 0 Å². The Hall–Kier alpha value is -2.12. The van der Waals surface area contributed by atoms with Crippen molar-refractivity contribution >= 4 is 23.8 Å². The number of ether oxygens (including phenoxy) is 1. The molecule has 0 aromatic heterocycles. The van der Waals surface area contributed by atoms with Crippen molar-refractivity contribution < 1.29 is 23.9 Å². The number of urea groups is 1. The van der Waals surface area contributed by atoms with Gasteiger partial charge in [-0.05, 0) is 69.1 Å². The Labute approximate surface area is 171 Å². The predicted molar refractivity (Wildman–Crippen MR) is 106 cm³/mol. The van der Waals surface area contributed by atoms with Crippen LogP contribution in [-0.2, 0) is 19.1 Å². The fourth-order valence-corrected chi connectivity index (χ4v) is 5.77. The minimum absolute atomic E-state index is 0.0426. The number of rotatable bonds is 7. The summed E-state index contributed by atoms with van der Waals surface area (Å²) in [6.07, 6.45) is 6.47. The Kier molecular flexibility index (Phi) is 6.49. The molecule has 0 aromatic rings. The van der Waals surface area contributed by atoms with Gasteiger partial charge in [-0.15, -0.1) is 0 Å². The molecule has 8 heteroatoms. The lowest BCUT2D eigenvalue weighted by Crippen LogP contribution is -2.57. The van der Waals surface area contributed by atoms with Crippen LogP contribution in [0.25, 0.3) is 0 Å². The third kappa shape index (κ3) is 4.90. The van der Waals surface area contributed by atoms with E-state index in [4.69, 9.17) is 4.74 Å². The number of imide groups is 1. The van der Waals surface area contributed by atoms with Crippen molar-refractivity contribution in [2.75, 3.05) is 13.2 Å². The summed E-state index contributed by atoms with van der Waals surface area (Å²) in [6.45, 7) is 5.21. The summed E-state index contributed by atoms with van der Waals surface area (Å²) < 4.78 is 5.08. The minimum atomic E-state index is -0.812. The Bertz CT molecular complexity index is 640. The highest BCUT2D eigenvalue weighted by molar-refractivity contribution is 5.96. The van der Waals surface area contributed by atoms with Gasteiger partial charge in [0.05, 0.1) is 0 Å². The van der Waals surface area contributed by atoms with E-state index in [9.17, 15) is 19.2 Å². The van der Waals surface area contributed by atoms with Crippen LogP contribution in [0.1, 0.15) is 59.3 Å². The smallest absolute Gasteiger partial charge is 0.329 e. The average molecular weight is 408 g/mol. The van der Waals surface area contributed by atoms with Crippen molar-refractivity contribution in [1.82, 2.24) is 16.0 Å². The predicted octanol–water partition coefficient (Wildman–Crippen LogP) is 1.73. The van der Waals surface area contributed by atoms with E-state index in [1.165, 1.54) is 19.3 Å². The number of carbonyl (C=O) groups is 4. The van der Waals surface area contributed by atoms with Crippen molar-refractivity contribution in [3.8, 4) is 0 Å². The van der Waals surface area contributed by atoms with E-state index in [0.29, 0.717) is 24.3 Å². The third-order valence-electron chi connectivity index (χ3n) is 6.66. The minimum Gasteiger partial charge on any atom is -0.454 e. The van der Waals surface area contributed by atoms with E-state index in [-0.39, 0.29) is 17.2 Å². The van der Waals surface area contributed by atoms with E-state index in [2.05, 4.69) is 16.0 Å². The van der Waals surface area contributed by atoms with Crippen molar-refractivity contribution in [2.24, 2.45) is 29.1 Å². The molecule has 4 saturated carbocycles. The number of hydrogen-bond acceptors (Lipinski definition) is 5. The van der Waals surface area contributed by atoms with Gasteiger partial charge in [0.1, 0.15) is 6.04 Å². The Morgan fingerprint density at radius 3 is 2.03 bits per heavy atom. The van der Waals surface area contributed by atoms with E-state index in [1.807, 2.05) is 13.8 Å². The van der Waals surface area contributed by atoms with Gasteiger partial charge in [-0.25, -0.2) is 9.59 Å². The summed E-state index contributed by atoms with van der Waals surface area (Å²) >= 11 is 0. The quantitative estimate of drug-likeness (QED) is 0.556. The Balaban J connectivity index is 1.55. The molecule has 4 fully saturated rings. The highest BCUT2D eigenvalue weighted by atomic mass is 16.5. The van der Waals surface area contributed by atoms with Gasteiger partial charge < -0.3 is 15.4 Å². The van der Waals surface area contributed by atoms with Gasteiger partial charge >= 0.3 is 12.0 Å². The van der Waals surface area contributed by atoms with E-state index >= 15 is 0 Å². The van der Waals surface area contributed by atoms with Gasteiger partial charge in [0.2, 0.25) is 5.91 Å². The summed E-state index contributed by atoms with van der Waals surface area (Å²) in [4.78, 5) is 48.9. The third-order valence-corrected chi connectivity index (χ3v) is 6.66. The maximum Gasteiger partial charge on any atom is 0.329 e. The van der Waals surface area contributed by atoms with Crippen LogP contribution in [0.2, 0.25) is 0 Å². The number of esters is 1. The molecule has 4 bridgehead atoms. The normalized spacial score (nSPS) is 30.6. The highest BCUT2D eigenvalue weighted by Crippen LogP contribution is 2.60. The SMILES string of the molecule is CCNC(=O)NC(=O)COC(=O)[C@H](NC(=O)C12CC3CC(CC(C3)C1)C2)C(C)C. The monoisotopic (exact) mass is 407 g/mol. The summed E-state index contributed by atoms with van der Waals surface area (Å²) in [5.74, 6) is 0.326. The molecule has 0 unspecified atom stereocenters. The van der Waals surface area contributed by atoms with Gasteiger partial charge in [0.25, 0.3) is 5.91 Å². The van der Waals surface area contributed by atoms with E-state index < -0.39 is 30.6 Å². The lowest BCUT2D eigenvalue weighted by Gasteiger charge is -2.55. The fourth-order valence-electron chi connectivity index (χ4n) is 5.77. The molecule has 162 valence electrons. The van der Waals surface area contributed by atoms with Crippen molar-refractivity contribution in [2.45, 2.75) is 65.3 Å². The van der Waals surface area contributed by atoms with E-state index in [1.54, 1.807) is 6.92 Å². The molecule has 0 heterocycles. The number of amides is 4. The second-order valence-electron chi connectivity index (χ2n) is 9.41. The molecule has 29 heavy (non-hydrogen) atoms. The molecule has 1 atom stereocenters. The fraction of sp³-hybridized carbons (Fsp3) is 0.810. The van der Waals surface area contributed by atoms with Crippen LogP contribution in [0.3, 0.4) is 0 Å². The van der Waals surface area contributed by atoms with Crippen molar-refractivity contribution in [3.05, 3.63) is 0 Å². The van der Waals surface area contributed by atoms with E-state index in [0.717, 1.165) is 19.3 Å². The molecular formula is C21H33N3O5. The number of carbonyl (C=O) groups excluding carboxylic acids is 4. The summed E-state index contributed by atoms with van der Waals surface area (Å²) in [7, 11) is 0. The van der Waals surface area contributed by atoms with Crippen LogP contribution < -0.4 is 16.0 Å². The van der Waals surface area contributed by atoms with Gasteiger partial charge in [-0.3, -0.25) is 14.9 Å². The first kappa shape index (κ1) is 21.6. The van der Waals surface area contributed by atoms with Crippen LogP contribution in [-0.4, -0.2) is 43.0 Å². The molecule has 3 N–H and O–H groups in total. The van der Waals surface area contributed by atoms with Crippen LogP contribution in [0, 0.1) is 29.1 Å². The second-order valence-corrected chi connectivity index (χ2v) is 9.41. The van der Waals surface area contributed by atoms with Gasteiger partial charge in [-0.2, -0.15) is 0 Å². The molecule has 0 saturated heterocycles. The first-order valence-corrected chi connectivity index (χ1v) is 10.8. The first-order valence-electron chi connectivity index (χ1n) is 10.8. The number of hydrogen-bond donors (Lipinski definition) is 3. The first-order chi connectivity index (χ1) is 13.7. The Morgan fingerprint density at radius 1 is 1.00 bits per heavy atom. The Morgan fingerprint density at radius 2 is 1.55 bits per heavy atom. The zero-order valence-electron chi connectivity index (χ0n) is 17.6. The number of nitrogens with one attached hydrogen (secondary N) is 3. The topological polar surface area (TPSA) is 114 Å². The van der Waals surface area contributed by atoms with Gasteiger partial charge in [-0.1, -0.05) is 13.8 Å². The van der Waals surface area contributed by atoms with Crippen LogP contribution in [0.4, 0.5) is 4.79 Å². The average Bonchev–Trinajstić information content (AvgIpc) is 2.62. The zero-order chi connectivity index (χ0) is 21.2. The molecule has 0 aliphatic heterocycles. The highest BCUT2D eigenvalue weighted by Gasteiger charge is 2.55. The molecule has 0 spiro atoms. The summed E-state index contributed by atoms with van der Waals surface area (Å²) in [5.41, 5.74) is -0.349. The van der Waals surface area contributed by atoms with Gasteiger partial charge in [0.15, 0.2) is 6.61 Å².